The fourth-order valence-electron chi connectivity index (χ4n) is 1.78. The molecule has 100 valence electrons. The van der Waals surface area contributed by atoms with Crippen LogP contribution < -0.4 is 5.32 Å². The molecule has 0 fully saturated rings. The van der Waals surface area contributed by atoms with E-state index in [2.05, 4.69) is 26.1 Å². The molecule has 1 unspecified atom stereocenters. The molecule has 0 heterocycles. The van der Waals surface area contributed by atoms with Crippen molar-refractivity contribution in [1.29, 1.82) is 0 Å². The van der Waals surface area contributed by atoms with E-state index < -0.39 is 12.0 Å². The number of hydrogen-bond acceptors (Lipinski definition) is 2. The van der Waals surface area contributed by atoms with Crippen molar-refractivity contribution in [3.8, 4) is 0 Å². The molecule has 0 bridgehead atoms. The molecule has 0 radical (unpaired) electrons. The quantitative estimate of drug-likeness (QED) is 0.781. The molecule has 0 aliphatic rings. The summed E-state index contributed by atoms with van der Waals surface area (Å²) in [6.07, 6.45) is 1.62. The van der Waals surface area contributed by atoms with Gasteiger partial charge in [-0.1, -0.05) is 57.5 Å². The number of benzene rings is 1. The van der Waals surface area contributed by atoms with Crippen molar-refractivity contribution in [2.45, 2.75) is 46.2 Å². The Bertz CT molecular complexity index is 373. The van der Waals surface area contributed by atoms with E-state index in [1.54, 1.807) is 0 Å². The van der Waals surface area contributed by atoms with Crippen molar-refractivity contribution in [3.63, 3.8) is 0 Å². The summed E-state index contributed by atoms with van der Waals surface area (Å²) in [6, 6.07) is 9.39. The third-order valence-electron chi connectivity index (χ3n) is 3.41. The highest BCUT2D eigenvalue weighted by molar-refractivity contribution is 5.73. The van der Waals surface area contributed by atoms with Gasteiger partial charge in [0.2, 0.25) is 0 Å². The maximum absolute atomic E-state index is 11.3. The molecule has 0 aromatic heterocycles. The monoisotopic (exact) mass is 249 g/mol. The summed E-state index contributed by atoms with van der Waals surface area (Å²) in [5, 5.41) is 12.4. The van der Waals surface area contributed by atoms with E-state index in [9.17, 15) is 9.90 Å². The fourth-order valence-corrected chi connectivity index (χ4v) is 1.78. The molecule has 0 saturated heterocycles. The highest BCUT2D eigenvalue weighted by Gasteiger charge is 2.25. The van der Waals surface area contributed by atoms with Crippen LogP contribution in [0.1, 0.15) is 39.2 Å². The van der Waals surface area contributed by atoms with E-state index in [0.717, 1.165) is 12.0 Å². The van der Waals surface area contributed by atoms with E-state index >= 15 is 0 Å². The van der Waals surface area contributed by atoms with Gasteiger partial charge in [0.1, 0.15) is 6.04 Å². The zero-order valence-electron chi connectivity index (χ0n) is 11.4. The third-order valence-corrected chi connectivity index (χ3v) is 3.41. The van der Waals surface area contributed by atoms with Gasteiger partial charge in [-0.05, 0) is 17.4 Å². The molecule has 1 rings (SSSR count). The van der Waals surface area contributed by atoms with Gasteiger partial charge in [0, 0.05) is 6.54 Å². The Hall–Kier alpha value is -1.35. The molecule has 18 heavy (non-hydrogen) atoms. The number of aliphatic carboxylic acids is 1. The molecule has 2 N–H and O–H groups in total. The van der Waals surface area contributed by atoms with E-state index in [-0.39, 0.29) is 5.41 Å². The summed E-state index contributed by atoms with van der Waals surface area (Å²) >= 11 is 0. The average Bonchev–Trinajstić information content (AvgIpc) is 2.35. The van der Waals surface area contributed by atoms with Gasteiger partial charge in [-0.25, -0.2) is 0 Å². The zero-order valence-corrected chi connectivity index (χ0v) is 11.4. The number of hydrogen-bond donors (Lipinski definition) is 2. The largest absolute Gasteiger partial charge is 0.480 e. The number of carboxylic acid groups (broad SMARTS) is 1. The van der Waals surface area contributed by atoms with E-state index in [0.29, 0.717) is 13.0 Å². The minimum absolute atomic E-state index is 0.0484. The minimum Gasteiger partial charge on any atom is -0.480 e. The Balaban J connectivity index is 2.56. The van der Waals surface area contributed by atoms with Gasteiger partial charge in [0.15, 0.2) is 0 Å². The van der Waals surface area contributed by atoms with E-state index in [1.165, 1.54) is 0 Å². The lowest BCUT2D eigenvalue weighted by atomic mass is 9.83. The van der Waals surface area contributed by atoms with Gasteiger partial charge < -0.3 is 10.4 Å². The molecule has 0 aliphatic carbocycles. The first kappa shape index (κ1) is 14.7. The highest BCUT2D eigenvalue weighted by Crippen LogP contribution is 2.26. The Morgan fingerprint density at radius 1 is 1.33 bits per heavy atom. The molecule has 1 atom stereocenters. The first-order valence-electron chi connectivity index (χ1n) is 6.45. The van der Waals surface area contributed by atoms with Crippen molar-refractivity contribution in [2.24, 2.45) is 5.41 Å². The molecular formula is C15H23NO2. The molecule has 0 saturated carbocycles. The molecule has 1 aromatic carbocycles. The number of carbonyl (C=O) groups is 1. The summed E-state index contributed by atoms with van der Waals surface area (Å²) in [6.45, 7) is 6.90. The van der Waals surface area contributed by atoms with Crippen LogP contribution in [0.25, 0.3) is 0 Å². The minimum atomic E-state index is -0.771. The van der Waals surface area contributed by atoms with Crippen molar-refractivity contribution in [2.75, 3.05) is 0 Å². The Morgan fingerprint density at radius 3 is 2.44 bits per heavy atom. The summed E-state index contributed by atoms with van der Waals surface area (Å²) in [5.74, 6) is -0.771. The lowest BCUT2D eigenvalue weighted by Gasteiger charge is -2.27. The molecule has 1 aromatic rings. The number of rotatable bonds is 7. The smallest absolute Gasteiger partial charge is 0.320 e. The predicted molar refractivity (Wildman–Crippen MR) is 73.4 cm³/mol. The maximum Gasteiger partial charge on any atom is 0.320 e. The summed E-state index contributed by atoms with van der Waals surface area (Å²) in [5.41, 5.74) is 1.16. The molecule has 0 amide bonds. The normalized spacial score (nSPS) is 13.3. The first-order chi connectivity index (χ1) is 8.44. The Kier molecular flexibility index (Phi) is 5.35. The van der Waals surface area contributed by atoms with Gasteiger partial charge in [-0.2, -0.15) is 0 Å². The van der Waals surface area contributed by atoms with Crippen LogP contribution in [0.3, 0.4) is 0 Å². The third kappa shape index (κ3) is 4.88. The van der Waals surface area contributed by atoms with Gasteiger partial charge in [-0.15, -0.1) is 0 Å². The van der Waals surface area contributed by atoms with Crippen molar-refractivity contribution < 1.29 is 9.90 Å². The van der Waals surface area contributed by atoms with Crippen LogP contribution in [-0.4, -0.2) is 17.1 Å². The second kappa shape index (κ2) is 6.55. The first-order valence-corrected chi connectivity index (χ1v) is 6.45. The summed E-state index contributed by atoms with van der Waals surface area (Å²) < 4.78 is 0. The average molecular weight is 249 g/mol. The van der Waals surface area contributed by atoms with Crippen LogP contribution in [0.5, 0.6) is 0 Å². The van der Waals surface area contributed by atoms with Gasteiger partial charge in [0.05, 0.1) is 0 Å². The second-order valence-corrected chi connectivity index (χ2v) is 5.48. The SMILES string of the molecule is CCC(C)(C)CC(NCc1ccccc1)C(=O)O. The number of carboxylic acids is 1. The van der Waals surface area contributed by atoms with Crippen LogP contribution in [0.2, 0.25) is 0 Å². The predicted octanol–water partition coefficient (Wildman–Crippen LogP) is 3.06. The standard InChI is InChI=1S/C15H23NO2/c1-4-15(2,3)10-13(14(17)18)16-11-12-8-6-5-7-9-12/h5-9,13,16H,4,10-11H2,1-3H3,(H,17,18). The zero-order chi connectivity index (χ0) is 13.6. The van der Waals surface area contributed by atoms with Crippen LogP contribution in [-0.2, 0) is 11.3 Å². The van der Waals surface area contributed by atoms with Gasteiger partial charge in [0.25, 0.3) is 0 Å². The molecule has 3 nitrogen and oxygen atoms in total. The lowest BCUT2D eigenvalue weighted by Crippen LogP contribution is -2.39. The van der Waals surface area contributed by atoms with E-state index in [4.69, 9.17) is 0 Å². The lowest BCUT2D eigenvalue weighted by molar-refractivity contribution is -0.140. The van der Waals surface area contributed by atoms with Gasteiger partial charge in [-0.3, -0.25) is 4.79 Å². The Morgan fingerprint density at radius 2 is 1.94 bits per heavy atom. The summed E-state index contributed by atoms with van der Waals surface area (Å²) in [4.78, 5) is 11.3. The maximum atomic E-state index is 11.3. The summed E-state index contributed by atoms with van der Waals surface area (Å²) in [7, 11) is 0. The molecule has 0 spiro atoms. The van der Waals surface area contributed by atoms with Crippen molar-refractivity contribution >= 4 is 5.97 Å². The topological polar surface area (TPSA) is 49.3 Å². The van der Waals surface area contributed by atoms with Gasteiger partial charge >= 0.3 is 5.97 Å². The number of nitrogens with one attached hydrogen (secondary N) is 1. The Labute approximate surface area is 109 Å². The molecule has 0 aliphatic heterocycles. The van der Waals surface area contributed by atoms with Crippen LogP contribution in [0.4, 0.5) is 0 Å². The molecular weight excluding hydrogens is 226 g/mol. The highest BCUT2D eigenvalue weighted by atomic mass is 16.4. The molecule has 3 heteroatoms. The van der Waals surface area contributed by atoms with Crippen LogP contribution >= 0.6 is 0 Å². The van der Waals surface area contributed by atoms with Crippen molar-refractivity contribution in [3.05, 3.63) is 35.9 Å². The van der Waals surface area contributed by atoms with E-state index in [1.807, 2.05) is 30.3 Å². The second-order valence-electron chi connectivity index (χ2n) is 5.48. The van der Waals surface area contributed by atoms with Crippen molar-refractivity contribution in [1.82, 2.24) is 5.32 Å². The van der Waals surface area contributed by atoms with Crippen LogP contribution in [0, 0.1) is 5.41 Å². The van der Waals surface area contributed by atoms with Crippen LogP contribution in [0.15, 0.2) is 30.3 Å². The fraction of sp³-hybridized carbons (Fsp3) is 0.533.